The number of fused-ring (bicyclic) bond motifs is 1. The first kappa shape index (κ1) is 16.4. The van der Waals surface area contributed by atoms with Crippen molar-refractivity contribution in [2.45, 2.75) is 32.4 Å². The Bertz CT molecular complexity index is 950. The standard InChI is InChI=1S/C18H19FN4OS/c1-2-22-9-3-4-14(22)10-23-11-20-16-15(21-25-17(16)18(23)24)12-5-7-13(19)8-6-12/h5-8,11,14H,2-4,9-10H2,1H3. The van der Waals surface area contributed by atoms with E-state index in [0.29, 0.717) is 28.5 Å². The van der Waals surface area contributed by atoms with E-state index in [1.165, 1.54) is 30.1 Å². The quantitative estimate of drug-likeness (QED) is 0.719. The molecule has 130 valence electrons. The molecule has 4 rings (SSSR count). The maximum atomic E-state index is 13.1. The van der Waals surface area contributed by atoms with Crippen LogP contribution in [0.2, 0.25) is 0 Å². The third kappa shape index (κ3) is 2.98. The number of rotatable bonds is 4. The highest BCUT2D eigenvalue weighted by atomic mass is 32.1. The fourth-order valence-corrected chi connectivity index (χ4v) is 4.33. The molecule has 0 spiro atoms. The molecule has 2 aromatic heterocycles. The summed E-state index contributed by atoms with van der Waals surface area (Å²) in [4.78, 5) is 19.7. The van der Waals surface area contributed by atoms with Crippen LogP contribution >= 0.6 is 11.5 Å². The molecule has 5 nitrogen and oxygen atoms in total. The molecule has 0 radical (unpaired) electrons. The largest absolute Gasteiger partial charge is 0.299 e. The first-order valence-electron chi connectivity index (χ1n) is 8.52. The number of benzene rings is 1. The van der Waals surface area contributed by atoms with Gasteiger partial charge in [-0.1, -0.05) is 6.92 Å². The van der Waals surface area contributed by atoms with Crippen molar-refractivity contribution in [2.75, 3.05) is 13.1 Å². The van der Waals surface area contributed by atoms with E-state index in [2.05, 4.69) is 21.2 Å². The maximum Gasteiger partial charge on any atom is 0.272 e. The Labute approximate surface area is 148 Å². The van der Waals surface area contributed by atoms with Crippen LogP contribution < -0.4 is 5.56 Å². The van der Waals surface area contributed by atoms with Crippen LogP contribution in [0.3, 0.4) is 0 Å². The third-order valence-corrected chi connectivity index (χ3v) is 5.70. The van der Waals surface area contributed by atoms with E-state index in [0.717, 1.165) is 25.1 Å². The molecule has 0 bridgehead atoms. The zero-order valence-corrected chi connectivity index (χ0v) is 14.8. The topological polar surface area (TPSA) is 51.0 Å². The summed E-state index contributed by atoms with van der Waals surface area (Å²) < 4.78 is 19.8. The van der Waals surface area contributed by atoms with Gasteiger partial charge >= 0.3 is 0 Å². The van der Waals surface area contributed by atoms with E-state index in [1.807, 2.05) is 0 Å². The van der Waals surface area contributed by atoms with Crippen LogP contribution in [0.4, 0.5) is 4.39 Å². The second kappa shape index (κ2) is 6.65. The number of halogens is 1. The molecule has 1 saturated heterocycles. The lowest BCUT2D eigenvalue weighted by Gasteiger charge is -2.23. The van der Waals surface area contributed by atoms with Crippen LogP contribution in [0.1, 0.15) is 19.8 Å². The molecular formula is C18H19FN4OS. The van der Waals surface area contributed by atoms with Crippen molar-refractivity contribution in [3.63, 3.8) is 0 Å². The smallest absolute Gasteiger partial charge is 0.272 e. The van der Waals surface area contributed by atoms with Crippen molar-refractivity contribution >= 4 is 21.7 Å². The highest BCUT2D eigenvalue weighted by molar-refractivity contribution is 7.13. The zero-order chi connectivity index (χ0) is 17.4. The third-order valence-electron chi connectivity index (χ3n) is 4.88. The number of hydrogen-bond donors (Lipinski definition) is 0. The van der Waals surface area contributed by atoms with Gasteiger partial charge in [0.25, 0.3) is 5.56 Å². The van der Waals surface area contributed by atoms with Crippen LogP contribution in [-0.2, 0) is 6.54 Å². The van der Waals surface area contributed by atoms with Crippen LogP contribution in [0, 0.1) is 5.82 Å². The summed E-state index contributed by atoms with van der Waals surface area (Å²) in [6.45, 7) is 4.92. The molecule has 1 atom stereocenters. The van der Waals surface area contributed by atoms with Gasteiger partial charge in [-0.3, -0.25) is 14.3 Å². The van der Waals surface area contributed by atoms with Crippen molar-refractivity contribution in [1.29, 1.82) is 0 Å². The first-order valence-corrected chi connectivity index (χ1v) is 9.29. The molecule has 0 saturated carbocycles. The molecule has 1 fully saturated rings. The van der Waals surface area contributed by atoms with Crippen molar-refractivity contribution in [3.8, 4) is 11.3 Å². The van der Waals surface area contributed by atoms with Gasteiger partial charge in [0.2, 0.25) is 0 Å². The van der Waals surface area contributed by atoms with Crippen LogP contribution in [0.5, 0.6) is 0 Å². The second-order valence-corrected chi connectivity index (χ2v) is 7.12. The fraction of sp³-hybridized carbons (Fsp3) is 0.389. The molecule has 25 heavy (non-hydrogen) atoms. The molecule has 3 heterocycles. The summed E-state index contributed by atoms with van der Waals surface area (Å²) in [6.07, 6.45) is 3.91. The molecular weight excluding hydrogens is 339 g/mol. The van der Waals surface area contributed by atoms with E-state index in [1.54, 1.807) is 23.0 Å². The normalized spacial score (nSPS) is 18.2. The van der Waals surface area contributed by atoms with Gasteiger partial charge in [0.05, 0.1) is 6.33 Å². The first-order chi connectivity index (χ1) is 12.2. The summed E-state index contributed by atoms with van der Waals surface area (Å²) in [5, 5.41) is 0. The van der Waals surface area contributed by atoms with Gasteiger partial charge in [-0.2, -0.15) is 4.37 Å². The number of likely N-dealkylation sites (tertiary alicyclic amines) is 1. The summed E-state index contributed by atoms with van der Waals surface area (Å²) in [6, 6.07) is 6.50. The van der Waals surface area contributed by atoms with Crippen LogP contribution in [-0.4, -0.2) is 38.0 Å². The highest BCUT2D eigenvalue weighted by Crippen LogP contribution is 2.27. The van der Waals surface area contributed by atoms with E-state index in [-0.39, 0.29) is 11.4 Å². The lowest BCUT2D eigenvalue weighted by molar-refractivity contribution is 0.242. The average Bonchev–Trinajstić information content (AvgIpc) is 3.25. The molecule has 3 aromatic rings. The van der Waals surface area contributed by atoms with Gasteiger partial charge in [-0.15, -0.1) is 0 Å². The van der Waals surface area contributed by atoms with Gasteiger partial charge in [-0.05, 0) is 61.7 Å². The molecule has 0 amide bonds. The van der Waals surface area contributed by atoms with E-state index in [4.69, 9.17) is 0 Å². The SMILES string of the molecule is CCN1CCCC1Cn1cnc2c(-c3ccc(F)cc3)nsc2c1=O. The van der Waals surface area contributed by atoms with Gasteiger partial charge in [-0.25, -0.2) is 9.37 Å². The molecule has 1 unspecified atom stereocenters. The number of aromatic nitrogens is 3. The second-order valence-electron chi connectivity index (χ2n) is 6.34. The monoisotopic (exact) mass is 358 g/mol. The van der Waals surface area contributed by atoms with Gasteiger partial charge < -0.3 is 0 Å². The van der Waals surface area contributed by atoms with Crippen molar-refractivity contribution in [1.82, 2.24) is 18.8 Å². The van der Waals surface area contributed by atoms with Crippen molar-refractivity contribution in [3.05, 3.63) is 46.8 Å². The number of hydrogen-bond acceptors (Lipinski definition) is 5. The summed E-state index contributed by atoms with van der Waals surface area (Å²) in [5.41, 5.74) is 1.96. The predicted octanol–water partition coefficient (Wildman–Crippen LogP) is 3.14. The van der Waals surface area contributed by atoms with Crippen molar-refractivity contribution in [2.24, 2.45) is 0 Å². The number of likely N-dealkylation sites (N-methyl/N-ethyl adjacent to an activating group) is 1. The zero-order valence-electron chi connectivity index (χ0n) is 14.0. The molecule has 0 N–H and O–H groups in total. The minimum atomic E-state index is -0.296. The Hall–Kier alpha value is -2.12. The summed E-state index contributed by atoms with van der Waals surface area (Å²) in [5.74, 6) is -0.296. The maximum absolute atomic E-state index is 13.1. The number of nitrogens with zero attached hydrogens (tertiary/aromatic N) is 4. The van der Waals surface area contributed by atoms with Gasteiger partial charge in [0.1, 0.15) is 21.7 Å². The van der Waals surface area contributed by atoms with E-state index in [9.17, 15) is 9.18 Å². The molecule has 0 aliphatic carbocycles. The molecule has 1 aliphatic rings. The fourth-order valence-electron chi connectivity index (χ4n) is 3.53. The van der Waals surface area contributed by atoms with E-state index < -0.39 is 0 Å². The van der Waals surface area contributed by atoms with Crippen molar-refractivity contribution < 1.29 is 4.39 Å². The Morgan fingerprint density at radius 1 is 1.32 bits per heavy atom. The minimum absolute atomic E-state index is 0.0428. The molecule has 1 aliphatic heterocycles. The van der Waals surface area contributed by atoms with Crippen LogP contribution in [0.15, 0.2) is 35.4 Å². The van der Waals surface area contributed by atoms with Gasteiger partial charge in [0.15, 0.2) is 0 Å². The Morgan fingerprint density at radius 2 is 2.12 bits per heavy atom. The Kier molecular flexibility index (Phi) is 4.35. The van der Waals surface area contributed by atoms with Crippen LogP contribution in [0.25, 0.3) is 21.5 Å². The minimum Gasteiger partial charge on any atom is -0.299 e. The Morgan fingerprint density at radius 3 is 2.88 bits per heavy atom. The lowest BCUT2D eigenvalue weighted by Crippen LogP contribution is -2.35. The summed E-state index contributed by atoms with van der Waals surface area (Å²) >= 11 is 1.17. The lowest BCUT2D eigenvalue weighted by atomic mass is 10.1. The van der Waals surface area contributed by atoms with E-state index >= 15 is 0 Å². The summed E-state index contributed by atoms with van der Waals surface area (Å²) in [7, 11) is 0. The molecule has 1 aromatic carbocycles. The highest BCUT2D eigenvalue weighted by Gasteiger charge is 2.24. The average molecular weight is 358 g/mol. The Balaban J connectivity index is 1.70. The molecule has 7 heteroatoms. The predicted molar refractivity (Wildman–Crippen MR) is 97.3 cm³/mol. The van der Waals surface area contributed by atoms with Gasteiger partial charge in [0, 0.05) is 18.2 Å².